The van der Waals surface area contributed by atoms with Gasteiger partial charge in [-0.3, -0.25) is 14.2 Å². The first-order chi connectivity index (χ1) is 13.1. The van der Waals surface area contributed by atoms with Gasteiger partial charge in [-0.15, -0.1) is 0 Å². The largest absolute Gasteiger partial charge is 0.342 e. The highest BCUT2D eigenvalue weighted by Gasteiger charge is 2.28. The molecule has 0 radical (unpaired) electrons. The summed E-state index contributed by atoms with van der Waals surface area (Å²) in [7, 11) is 0. The van der Waals surface area contributed by atoms with E-state index in [-0.39, 0.29) is 17.4 Å². The van der Waals surface area contributed by atoms with Gasteiger partial charge in [-0.25, -0.2) is 9.37 Å². The molecular weight excluding hydrogens is 345 g/mol. The fourth-order valence-corrected chi connectivity index (χ4v) is 4.15. The van der Waals surface area contributed by atoms with Crippen LogP contribution < -0.4 is 5.56 Å². The van der Waals surface area contributed by atoms with Gasteiger partial charge in [-0.1, -0.05) is 12.2 Å². The summed E-state index contributed by atoms with van der Waals surface area (Å²) in [6.07, 6.45) is 10.4. The van der Waals surface area contributed by atoms with E-state index in [1.807, 2.05) is 4.90 Å². The molecule has 0 saturated carbocycles. The highest BCUT2D eigenvalue weighted by Crippen LogP contribution is 2.25. The molecule has 1 aliphatic heterocycles. The fourth-order valence-electron chi connectivity index (χ4n) is 4.15. The first-order valence-corrected chi connectivity index (χ1v) is 9.70. The third kappa shape index (κ3) is 3.80. The molecule has 1 unspecified atom stereocenters. The zero-order valence-electron chi connectivity index (χ0n) is 15.3. The number of hydrogen-bond donors (Lipinski definition) is 0. The fraction of sp³-hybridized carbons (Fsp3) is 0.476. The second kappa shape index (κ2) is 7.62. The Morgan fingerprint density at radius 2 is 2.00 bits per heavy atom. The van der Waals surface area contributed by atoms with Crippen LogP contribution in [0.5, 0.6) is 0 Å². The summed E-state index contributed by atoms with van der Waals surface area (Å²) in [6, 6.07) is 4.07. The maximum absolute atomic E-state index is 13.3. The third-order valence-electron chi connectivity index (χ3n) is 5.79. The Morgan fingerprint density at radius 1 is 1.19 bits per heavy atom. The predicted molar refractivity (Wildman–Crippen MR) is 102 cm³/mol. The summed E-state index contributed by atoms with van der Waals surface area (Å²) in [5, 5.41) is 0.442. The van der Waals surface area contributed by atoms with Crippen LogP contribution in [0.25, 0.3) is 10.9 Å². The van der Waals surface area contributed by atoms with Crippen LogP contribution in [0.3, 0.4) is 0 Å². The molecule has 5 nitrogen and oxygen atoms in total. The van der Waals surface area contributed by atoms with Crippen LogP contribution in [0, 0.1) is 17.7 Å². The van der Waals surface area contributed by atoms with Crippen LogP contribution in [0.4, 0.5) is 4.39 Å². The SMILES string of the molecule is O=C(C1CC=CCC1)N1CCC(Cn2cnc3cc(F)ccc3c2=O)CC1. The second-order valence-electron chi connectivity index (χ2n) is 7.61. The molecule has 0 spiro atoms. The normalized spacial score (nSPS) is 20.9. The highest BCUT2D eigenvalue weighted by molar-refractivity contribution is 5.79. The van der Waals surface area contributed by atoms with E-state index in [9.17, 15) is 14.0 Å². The van der Waals surface area contributed by atoms with E-state index in [1.54, 1.807) is 4.57 Å². The van der Waals surface area contributed by atoms with Crippen molar-refractivity contribution in [2.24, 2.45) is 11.8 Å². The summed E-state index contributed by atoms with van der Waals surface area (Å²) in [5.41, 5.74) is 0.255. The number of carbonyl (C=O) groups is 1. The topological polar surface area (TPSA) is 55.2 Å². The molecule has 0 bridgehead atoms. The first kappa shape index (κ1) is 17.9. The Hall–Kier alpha value is -2.50. The van der Waals surface area contributed by atoms with Crippen LogP contribution in [0.1, 0.15) is 32.1 Å². The lowest BCUT2D eigenvalue weighted by Crippen LogP contribution is -2.43. The molecule has 1 aliphatic carbocycles. The van der Waals surface area contributed by atoms with Crippen molar-refractivity contribution in [2.45, 2.75) is 38.6 Å². The Labute approximate surface area is 157 Å². The number of fused-ring (bicyclic) bond motifs is 1. The maximum atomic E-state index is 13.3. The van der Waals surface area contributed by atoms with Crippen LogP contribution in [0.15, 0.2) is 41.5 Å². The number of allylic oxidation sites excluding steroid dienone is 2. The standard InChI is InChI=1S/C21H24FN3O2/c22-17-6-7-18-19(12-17)23-14-25(21(18)27)13-15-8-10-24(11-9-15)20(26)16-4-2-1-3-5-16/h1-2,6-7,12,14-16H,3-5,8-11,13H2. The number of halogens is 1. The van der Waals surface area contributed by atoms with Crippen LogP contribution in [-0.2, 0) is 11.3 Å². The minimum Gasteiger partial charge on any atom is -0.342 e. The molecule has 1 aromatic carbocycles. The van der Waals surface area contributed by atoms with E-state index in [4.69, 9.17) is 0 Å². The second-order valence-corrected chi connectivity index (χ2v) is 7.61. The van der Waals surface area contributed by atoms with Crippen LogP contribution in [0.2, 0.25) is 0 Å². The average Bonchev–Trinajstić information content (AvgIpc) is 2.71. The van der Waals surface area contributed by atoms with Crippen molar-refractivity contribution in [3.8, 4) is 0 Å². The monoisotopic (exact) mass is 369 g/mol. The van der Waals surface area contributed by atoms with Crippen molar-refractivity contribution in [1.29, 1.82) is 0 Å². The van der Waals surface area contributed by atoms with Gasteiger partial charge in [0.15, 0.2) is 0 Å². The number of hydrogen-bond acceptors (Lipinski definition) is 3. The lowest BCUT2D eigenvalue weighted by atomic mass is 9.91. The number of carbonyl (C=O) groups excluding carboxylic acids is 1. The zero-order valence-corrected chi connectivity index (χ0v) is 15.3. The maximum Gasteiger partial charge on any atom is 0.261 e. The Balaban J connectivity index is 1.39. The molecule has 1 aromatic heterocycles. The van der Waals surface area contributed by atoms with Gasteiger partial charge in [-0.05, 0) is 50.2 Å². The molecule has 1 amide bonds. The Morgan fingerprint density at radius 3 is 2.74 bits per heavy atom. The number of likely N-dealkylation sites (tertiary alicyclic amines) is 1. The summed E-state index contributed by atoms with van der Waals surface area (Å²) in [5.74, 6) is 0.374. The van der Waals surface area contributed by atoms with E-state index in [1.165, 1.54) is 24.5 Å². The van der Waals surface area contributed by atoms with Gasteiger partial charge in [0, 0.05) is 31.6 Å². The van der Waals surface area contributed by atoms with Gasteiger partial charge in [0.1, 0.15) is 5.82 Å². The summed E-state index contributed by atoms with van der Waals surface area (Å²) in [4.78, 5) is 31.5. The number of piperidine rings is 1. The minimum atomic E-state index is -0.391. The van der Waals surface area contributed by atoms with Crippen molar-refractivity contribution in [3.05, 3.63) is 52.8 Å². The molecule has 27 heavy (non-hydrogen) atoms. The van der Waals surface area contributed by atoms with E-state index >= 15 is 0 Å². The third-order valence-corrected chi connectivity index (χ3v) is 5.79. The molecule has 1 atom stereocenters. The van der Waals surface area contributed by atoms with Crippen molar-refractivity contribution in [1.82, 2.24) is 14.5 Å². The van der Waals surface area contributed by atoms with E-state index in [2.05, 4.69) is 17.1 Å². The number of nitrogens with zero attached hydrogens (tertiary/aromatic N) is 3. The van der Waals surface area contributed by atoms with Crippen molar-refractivity contribution >= 4 is 16.8 Å². The van der Waals surface area contributed by atoms with Gasteiger partial charge < -0.3 is 4.90 Å². The average molecular weight is 369 g/mol. The molecule has 1 saturated heterocycles. The highest BCUT2D eigenvalue weighted by atomic mass is 19.1. The van der Waals surface area contributed by atoms with Gasteiger partial charge in [0.05, 0.1) is 17.2 Å². The van der Waals surface area contributed by atoms with Gasteiger partial charge in [0.25, 0.3) is 5.56 Å². The smallest absolute Gasteiger partial charge is 0.261 e. The van der Waals surface area contributed by atoms with Gasteiger partial charge in [0.2, 0.25) is 5.91 Å². The number of aromatic nitrogens is 2. The quantitative estimate of drug-likeness (QED) is 0.781. The Kier molecular flexibility index (Phi) is 5.05. The number of rotatable bonds is 3. The lowest BCUT2D eigenvalue weighted by molar-refractivity contribution is -0.137. The van der Waals surface area contributed by atoms with Crippen molar-refractivity contribution < 1.29 is 9.18 Å². The Bertz CT molecular complexity index is 929. The van der Waals surface area contributed by atoms with E-state index in [0.717, 1.165) is 45.2 Å². The molecule has 1 fully saturated rings. The summed E-state index contributed by atoms with van der Waals surface area (Å²) in [6.45, 7) is 2.10. The van der Waals surface area contributed by atoms with Gasteiger partial charge in [-0.2, -0.15) is 0 Å². The molecule has 4 rings (SSSR count). The van der Waals surface area contributed by atoms with Crippen LogP contribution in [-0.4, -0.2) is 33.4 Å². The van der Waals surface area contributed by atoms with E-state index < -0.39 is 5.82 Å². The van der Waals surface area contributed by atoms with Gasteiger partial charge >= 0.3 is 0 Å². The molecule has 0 N–H and O–H groups in total. The molecule has 2 aromatic rings. The molecule has 142 valence electrons. The summed E-state index contributed by atoms with van der Waals surface area (Å²) >= 11 is 0. The minimum absolute atomic E-state index is 0.132. The zero-order chi connectivity index (χ0) is 18.8. The summed E-state index contributed by atoms with van der Waals surface area (Å²) < 4.78 is 14.9. The number of amides is 1. The van der Waals surface area contributed by atoms with E-state index in [0.29, 0.717) is 23.4 Å². The predicted octanol–water partition coefficient (Wildman–Crippen LogP) is 3.13. The lowest BCUT2D eigenvalue weighted by Gasteiger charge is -2.34. The first-order valence-electron chi connectivity index (χ1n) is 9.70. The molecule has 6 heteroatoms. The van der Waals surface area contributed by atoms with Crippen LogP contribution >= 0.6 is 0 Å². The van der Waals surface area contributed by atoms with Crippen molar-refractivity contribution in [3.63, 3.8) is 0 Å². The molecule has 2 aliphatic rings. The van der Waals surface area contributed by atoms with Crippen molar-refractivity contribution in [2.75, 3.05) is 13.1 Å². The molecule has 2 heterocycles. The number of benzene rings is 1. The molecular formula is C21H24FN3O2.